The van der Waals surface area contributed by atoms with Gasteiger partial charge in [0.15, 0.2) is 0 Å². The van der Waals surface area contributed by atoms with E-state index in [0.717, 1.165) is 21.5 Å². The molecule has 0 unspecified atom stereocenters. The fourth-order valence-corrected chi connectivity index (χ4v) is 1.94. The van der Waals surface area contributed by atoms with Gasteiger partial charge in [-0.15, -0.1) is 0 Å². The number of H-pyrrole nitrogens is 1. The second kappa shape index (κ2) is 3.16. The number of aromatic nitrogens is 5. The molecule has 3 aromatic heterocycles. The summed E-state index contributed by atoms with van der Waals surface area (Å²) in [7, 11) is 0. The normalized spacial score (nSPS) is 11.0. The first-order chi connectivity index (χ1) is 7.36. The molecule has 0 aliphatic heterocycles. The molecule has 74 valence electrons. The van der Waals surface area contributed by atoms with Gasteiger partial charge < -0.3 is 0 Å². The molecule has 0 aromatic carbocycles. The van der Waals surface area contributed by atoms with Gasteiger partial charge in [-0.3, -0.25) is 14.5 Å². The van der Waals surface area contributed by atoms with E-state index in [1.807, 2.05) is 16.8 Å². The van der Waals surface area contributed by atoms with Crippen molar-refractivity contribution in [1.29, 1.82) is 0 Å². The molecule has 0 aliphatic carbocycles. The van der Waals surface area contributed by atoms with E-state index in [1.165, 1.54) is 0 Å². The SMILES string of the molecule is Brc1nc(-c2cn[nH]c2)n2ccncc12. The van der Waals surface area contributed by atoms with Gasteiger partial charge in [0.05, 0.1) is 23.5 Å². The minimum atomic E-state index is 0.784. The maximum absolute atomic E-state index is 4.41. The van der Waals surface area contributed by atoms with Crippen LogP contribution in [-0.4, -0.2) is 24.6 Å². The van der Waals surface area contributed by atoms with Crippen molar-refractivity contribution in [2.45, 2.75) is 0 Å². The van der Waals surface area contributed by atoms with Crippen molar-refractivity contribution in [3.8, 4) is 11.4 Å². The Morgan fingerprint density at radius 3 is 3.07 bits per heavy atom. The number of hydrogen-bond donors (Lipinski definition) is 1. The molecule has 0 saturated carbocycles. The van der Waals surface area contributed by atoms with Gasteiger partial charge in [0.2, 0.25) is 0 Å². The number of fused-ring (bicyclic) bond motifs is 1. The van der Waals surface area contributed by atoms with Crippen molar-refractivity contribution < 1.29 is 0 Å². The van der Waals surface area contributed by atoms with E-state index < -0.39 is 0 Å². The molecule has 0 bridgehead atoms. The summed E-state index contributed by atoms with van der Waals surface area (Å²) in [5.74, 6) is 0.841. The maximum Gasteiger partial charge on any atom is 0.149 e. The number of halogens is 1. The molecule has 6 heteroatoms. The lowest BCUT2D eigenvalue weighted by atomic mass is 10.3. The van der Waals surface area contributed by atoms with Gasteiger partial charge in [-0.2, -0.15) is 5.10 Å². The van der Waals surface area contributed by atoms with Crippen LogP contribution >= 0.6 is 15.9 Å². The van der Waals surface area contributed by atoms with Gasteiger partial charge >= 0.3 is 0 Å². The van der Waals surface area contributed by atoms with Gasteiger partial charge in [0.1, 0.15) is 10.4 Å². The second-order valence-corrected chi connectivity index (χ2v) is 3.80. The summed E-state index contributed by atoms with van der Waals surface area (Å²) < 4.78 is 2.74. The van der Waals surface area contributed by atoms with Crippen molar-refractivity contribution in [2.24, 2.45) is 0 Å². The number of rotatable bonds is 1. The Labute approximate surface area is 93.3 Å². The largest absolute Gasteiger partial charge is 0.296 e. The van der Waals surface area contributed by atoms with Crippen LogP contribution in [0.4, 0.5) is 0 Å². The lowest BCUT2D eigenvalue weighted by molar-refractivity contribution is 1.09. The number of imidazole rings is 1. The van der Waals surface area contributed by atoms with E-state index in [0.29, 0.717) is 0 Å². The summed E-state index contributed by atoms with van der Waals surface area (Å²) in [5.41, 5.74) is 1.88. The Morgan fingerprint density at radius 2 is 2.27 bits per heavy atom. The predicted octanol–water partition coefficient (Wildman–Crippen LogP) is 1.88. The molecule has 0 spiro atoms. The van der Waals surface area contributed by atoms with E-state index in [1.54, 1.807) is 18.6 Å². The Bertz CT molecular complexity index is 598. The lowest BCUT2D eigenvalue weighted by Crippen LogP contribution is -1.87. The number of nitrogens with one attached hydrogen (secondary N) is 1. The summed E-state index contributed by atoms with van der Waals surface area (Å²) in [6, 6.07) is 0. The second-order valence-electron chi connectivity index (χ2n) is 3.04. The molecule has 15 heavy (non-hydrogen) atoms. The fraction of sp³-hybridized carbons (Fsp3) is 0. The van der Waals surface area contributed by atoms with Crippen molar-refractivity contribution in [3.63, 3.8) is 0 Å². The Kier molecular flexibility index (Phi) is 1.81. The van der Waals surface area contributed by atoms with Gasteiger partial charge in [-0.05, 0) is 15.9 Å². The lowest BCUT2D eigenvalue weighted by Gasteiger charge is -1.95. The summed E-state index contributed by atoms with van der Waals surface area (Å²) in [5, 5.41) is 6.67. The van der Waals surface area contributed by atoms with Crippen LogP contribution in [0.3, 0.4) is 0 Å². The standard InChI is InChI=1S/C9H6BrN5/c10-8-7-5-11-1-2-15(7)9(14-8)6-3-12-13-4-6/h1-5H,(H,12,13). The van der Waals surface area contributed by atoms with Crippen molar-refractivity contribution in [3.05, 3.63) is 35.6 Å². The first kappa shape index (κ1) is 8.60. The number of hydrogen-bond acceptors (Lipinski definition) is 3. The van der Waals surface area contributed by atoms with Crippen LogP contribution in [-0.2, 0) is 0 Å². The third-order valence-corrected chi connectivity index (χ3v) is 2.74. The van der Waals surface area contributed by atoms with Crippen LogP contribution in [0.2, 0.25) is 0 Å². The quantitative estimate of drug-likeness (QED) is 0.730. The molecule has 3 heterocycles. The minimum Gasteiger partial charge on any atom is -0.296 e. The average molecular weight is 264 g/mol. The monoisotopic (exact) mass is 263 g/mol. The molecule has 0 saturated heterocycles. The Morgan fingerprint density at radius 1 is 1.33 bits per heavy atom. The Hall–Kier alpha value is -1.69. The molecule has 1 N–H and O–H groups in total. The van der Waals surface area contributed by atoms with Gasteiger partial charge in [0.25, 0.3) is 0 Å². The summed E-state index contributed by atoms with van der Waals surface area (Å²) in [4.78, 5) is 8.47. The predicted molar refractivity (Wildman–Crippen MR) is 58.3 cm³/mol. The van der Waals surface area contributed by atoms with Crippen molar-refractivity contribution in [1.82, 2.24) is 24.6 Å². The third-order valence-electron chi connectivity index (χ3n) is 2.16. The highest BCUT2D eigenvalue weighted by atomic mass is 79.9. The zero-order valence-electron chi connectivity index (χ0n) is 7.55. The van der Waals surface area contributed by atoms with Crippen LogP contribution in [0.1, 0.15) is 0 Å². The molecule has 0 aliphatic rings. The molecular formula is C9H6BrN5. The molecule has 5 nitrogen and oxygen atoms in total. The molecule has 3 rings (SSSR count). The first-order valence-corrected chi connectivity index (χ1v) is 5.12. The third kappa shape index (κ3) is 1.25. The van der Waals surface area contributed by atoms with Gasteiger partial charge in [0, 0.05) is 18.6 Å². The zero-order valence-corrected chi connectivity index (χ0v) is 9.14. The van der Waals surface area contributed by atoms with E-state index in [9.17, 15) is 0 Å². The van der Waals surface area contributed by atoms with E-state index in [2.05, 4.69) is 36.1 Å². The van der Waals surface area contributed by atoms with E-state index in [-0.39, 0.29) is 0 Å². The zero-order chi connectivity index (χ0) is 10.3. The number of nitrogens with zero attached hydrogens (tertiary/aromatic N) is 4. The van der Waals surface area contributed by atoms with Crippen LogP contribution < -0.4 is 0 Å². The Balaban J connectivity index is 2.37. The first-order valence-electron chi connectivity index (χ1n) is 4.33. The van der Waals surface area contributed by atoms with Crippen LogP contribution in [0, 0.1) is 0 Å². The van der Waals surface area contributed by atoms with E-state index >= 15 is 0 Å². The van der Waals surface area contributed by atoms with Crippen molar-refractivity contribution >= 4 is 21.4 Å². The molecule has 0 fully saturated rings. The highest BCUT2D eigenvalue weighted by Crippen LogP contribution is 2.24. The molecule has 0 amide bonds. The topological polar surface area (TPSA) is 58.9 Å². The average Bonchev–Trinajstić information content (AvgIpc) is 2.87. The van der Waals surface area contributed by atoms with Crippen LogP contribution in [0.5, 0.6) is 0 Å². The molecule has 0 atom stereocenters. The minimum absolute atomic E-state index is 0.784. The highest BCUT2D eigenvalue weighted by molar-refractivity contribution is 9.10. The fourth-order valence-electron chi connectivity index (χ4n) is 1.48. The van der Waals surface area contributed by atoms with Crippen LogP contribution in [0.15, 0.2) is 35.6 Å². The molecule has 0 radical (unpaired) electrons. The summed E-state index contributed by atoms with van der Waals surface area (Å²) >= 11 is 3.40. The summed E-state index contributed by atoms with van der Waals surface area (Å²) in [6.45, 7) is 0. The van der Waals surface area contributed by atoms with Gasteiger partial charge in [-0.25, -0.2) is 4.98 Å². The highest BCUT2D eigenvalue weighted by Gasteiger charge is 2.10. The maximum atomic E-state index is 4.41. The summed E-state index contributed by atoms with van der Waals surface area (Å²) in [6.07, 6.45) is 8.91. The van der Waals surface area contributed by atoms with Gasteiger partial charge in [-0.1, -0.05) is 0 Å². The molecular weight excluding hydrogens is 258 g/mol. The van der Waals surface area contributed by atoms with Crippen molar-refractivity contribution in [2.75, 3.05) is 0 Å². The van der Waals surface area contributed by atoms with E-state index in [4.69, 9.17) is 0 Å². The smallest absolute Gasteiger partial charge is 0.149 e. The molecule has 3 aromatic rings. The number of aromatic amines is 1. The van der Waals surface area contributed by atoms with Crippen LogP contribution in [0.25, 0.3) is 16.9 Å².